The first-order chi connectivity index (χ1) is 11.0. The Morgan fingerprint density at radius 1 is 1.22 bits per heavy atom. The zero-order valence-electron chi connectivity index (χ0n) is 13.8. The molecule has 2 amide bonds. The number of nitrogens with two attached hydrogens (primary N) is 1. The van der Waals surface area contributed by atoms with E-state index in [0.29, 0.717) is 39.1 Å². The van der Waals surface area contributed by atoms with Gasteiger partial charge in [-0.3, -0.25) is 9.59 Å². The van der Waals surface area contributed by atoms with Crippen LogP contribution in [0, 0.1) is 5.92 Å². The van der Waals surface area contributed by atoms with Gasteiger partial charge in [-0.1, -0.05) is 19.1 Å². The number of benzene rings is 1. The number of carbonyl (C=O) groups excluding carboxylic acids is 2. The maximum Gasteiger partial charge on any atom is 0.227 e. The molecule has 1 fully saturated rings. The molecule has 1 aliphatic heterocycles. The lowest BCUT2D eigenvalue weighted by Crippen LogP contribution is -2.52. The normalized spacial score (nSPS) is 16.1. The number of nitrogens with zero attached hydrogens (tertiary/aromatic N) is 2. The molecule has 6 nitrogen and oxygen atoms in total. The van der Waals surface area contributed by atoms with Gasteiger partial charge in [-0.15, -0.1) is 0 Å². The lowest BCUT2D eigenvalue weighted by molar-refractivity contribution is -0.141. The summed E-state index contributed by atoms with van der Waals surface area (Å²) in [5.74, 6) is 0.750. The van der Waals surface area contributed by atoms with Gasteiger partial charge < -0.3 is 20.3 Å². The third-order valence-corrected chi connectivity index (χ3v) is 4.21. The van der Waals surface area contributed by atoms with E-state index in [-0.39, 0.29) is 17.7 Å². The molecule has 2 rings (SSSR count). The van der Waals surface area contributed by atoms with Crippen molar-refractivity contribution in [3.8, 4) is 5.75 Å². The number of hydrogen-bond acceptors (Lipinski definition) is 4. The first kappa shape index (κ1) is 17.3. The molecule has 0 aliphatic carbocycles. The summed E-state index contributed by atoms with van der Waals surface area (Å²) in [5, 5.41) is 0. The lowest BCUT2D eigenvalue weighted by Gasteiger charge is -2.36. The number of piperazine rings is 1. The molecule has 0 radical (unpaired) electrons. The van der Waals surface area contributed by atoms with Gasteiger partial charge in [-0.25, -0.2) is 0 Å². The van der Waals surface area contributed by atoms with Crippen LogP contribution in [0.1, 0.15) is 12.5 Å². The van der Waals surface area contributed by atoms with E-state index in [1.165, 1.54) is 0 Å². The number of rotatable bonds is 5. The minimum atomic E-state index is -0.158. The van der Waals surface area contributed by atoms with Gasteiger partial charge in [0.05, 0.1) is 13.5 Å². The van der Waals surface area contributed by atoms with Crippen molar-refractivity contribution in [2.24, 2.45) is 11.7 Å². The van der Waals surface area contributed by atoms with Crippen molar-refractivity contribution >= 4 is 11.8 Å². The van der Waals surface area contributed by atoms with Crippen LogP contribution in [0.4, 0.5) is 0 Å². The molecule has 1 atom stereocenters. The van der Waals surface area contributed by atoms with Crippen LogP contribution in [0.15, 0.2) is 24.3 Å². The highest BCUT2D eigenvalue weighted by molar-refractivity contribution is 5.81. The fourth-order valence-corrected chi connectivity index (χ4v) is 2.66. The van der Waals surface area contributed by atoms with Gasteiger partial charge in [0.15, 0.2) is 0 Å². The number of carbonyl (C=O) groups is 2. The highest BCUT2D eigenvalue weighted by Crippen LogP contribution is 2.14. The fourth-order valence-electron chi connectivity index (χ4n) is 2.66. The predicted molar refractivity (Wildman–Crippen MR) is 88.1 cm³/mol. The molecule has 23 heavy (non-hydrogen) atoms. The van der Waals surface area contributed by atoms with Gasteiger partial charge >= 0.3 is 0 Å². The molecule has 0 saturated carbocycles. The van der Waals surface area contributed by atoms with Crippen molar-refractivity contribution in [1.29, 1.82) is 0 Å². The number of methoxy groups -OCH3 is 1. The van der Waals surface area contributed by atoms with E-state index < -0.39 is 0 Å². The van der Waals surface area contributed by atoms with E-state index in [4.69, 9.17) is 10.5 Å². The molecule has 1 aliphatic rings. The van der Waals surface area contributed by atoms with Crippen LogP contribution in [0.2, 0.25) is 0 Å². The zero-order valence-corrected chi connectivity index (χ0v) is 13.8. The molecule has 1 saturated heterocycles. The van der Waals surface area contributed by atoms with Gasteiger partial charge in [-0.05, 0) is 17.7 Å². The summed E-state index contributed by atoms with van der Waals surface area (Å²) < 4.78 is 5.18. The SMILES string of the molecule is COc1cccc(CC(=O)N2CCN(C(=O)C(C)CN)CC2)c1. The number of hydrogen-bond donors (Lipinski definition) is 1. The molecular weight excluding hydrogens is 294 g/mol. The topological polar surface area (TPSA) is 75.9 Å². The minimum Gasteiger partial charge on any atom is -0.497 e. The zero-order chi connectivity index (χ0) is 16.8. The quantitative estimate of drug-likeness (QED) is 0.858. The molecule has 1 aromatic rings. The van der Waals surface area contributed by atoms with E-state index in [2.05, 4.69) is 0 Å². The van der Waals surface area contributed by atoms with Crippen molar-refractivity contribution in [2.45, 2.75) is 13.3 Å². The smallest absolute Gasteiger partial charge is 0.227 e. The maximum atomic E-state index is 12.4. The van der Waals surface area contributed by atoms with Crippen molar-refractivity contribution < 1.29 is 14.3 Å². The third-order valence-electron chi connectivity index (χ3n) is 4.21. The Morgan fingerprint density at radius 3 is 2.48 bits per heavy atom. The number of ether oxygens (including phenoxy) is 1. The van der Waals surface area contributed by atoms with E-state index in [0.717, 1.165) is 11.3 Å². The van der Waals surface area contributed by atoms with E-state index in [9.17, 15) is 9.59 Å². The van der Waals surface area contributed by atoms with Gasteiger partial charge in [0, 0.05) is 38.6 Å². The largest absolute Gasteiger partial charge is 0.497 e. The van der Waals surface area contributed by atoms with Crippen molar-refractivity contribution in [1.82, 2.24) is 9.80 Å². The molecule has 126 valence electrons. The van der Waals surface area contributed by atoms with E-state index in [1.807, 2.05) is 36.1 Å². The Morgan fingerprint density at radius 2 is 1.87 bits per heavy atom. The molecule has 1 unspecified atom stereocenters. The Hall–Kier alpha value is -2.08. The van der Waals surface area contributed by atoms with Crippen LogP contribution in [0.3, 0.4) is 0 Å². The monoisotopic (exact) mass is 319 g/mol. The first-order valence-corrected chi connectivity index (χ1v) is 7.94. The predicted octanol–water partition coefficient (Wildman–Crippen LogP) is 0.503. The minimum absolute atomic E-state index is 0.0763. The average molecular weight is 319 g/mol. The van der Waals surface area contributed by atoms with Crippen molar-refractivity contribution in [3.05, 3.63) is 29.8 Å². The second kappa shape index (κ2) is 7.97. The van der Waals surface area contributed by atoms with E-state index >= 15 is 0 Å². The van der Waals surface area contributed by atoms with Crippen LogP contribution in [0.25, 0.3) is 0 Å². The summed E-state index contributed by atoms with van der Waals surface area (Å²) >= 11 is 0. The fraction of sp³-hybridized carbons (Fsp3) is 0.529. The summed E-state index contributed by atoms with van der Waals surface area (Å²) in [6.07, 6.45) is 0.352. The molecule has 2 N–H and O–H groups in total. The van der Waals surface area contributed by atoms with Crippen molar-refractivity contribution in [2.75, 3.05) is 39.8 Å². The van der Waals surface area contributed by atoms with Gasteiger partial charge in [0.2, 0.25) is 11.8 Å². The molecular formula is C17H25N3O3. The second-order valence-corrected chi connectivity index (χ2v) is 5.87. The lowest BCUT2D eigenvalue weighted by atomic mass is 10.1. The Bertz CT molecular complexity index is 554. The molecule has 6 heteroatoms. The standard InChI is InChI=1S/C17H25N3O3/c1-13(12-18)17(22)20-8-6-19(7-9-20)16(21)11-14-4-3-5-15(10-14)23-2/h3-5,10,13H,6-9,11-12,18H2,1-2H3. The Labute approximate surface area is 137 Å². The van der Waals surface area contributed by atoms with Crippen molar-refractivity contribution in [3.63, 3.8) is 0 Å². The molecule has 0 spiro atoms. The van der Waals surface area contributed by atoms with Crippen LogP contribution in [-0.2, 0) is 16.0 Å². The molecule has 1 heterocycles. The van der Waals surface area contributed by atoms with E-state index in [1.54, 1.807) is 12.0 Å². The van der Waals surface area contributed by atoms with Crippen LogP contribution in [-0.4, -0.2) is 61.4 Å². The summed E-state index contributed by atoms with van der Waals surface area (Å²) in [7, 11) is 1.61. The highest BCUT2D eigenvalue weighted by atomic mass is 16.5. The molecule has 0 aromatic heterocycles. The Balaban J connectivity index is 1.87. The van der Waals surface area contributed by atoms with Crippen LogP contribution in [0.5, 0.6) is 5.75 Å². The first-order valence-electron chi connectivity index (χ1n) is 7.94. The summed E-state index contributed by atoms with van der Waals surface area (Å²) in [6.45, 7) is 4.49. The van der Waals surface area contributed by atoms with Gasteiger partial charge in [-0.2, -0.15) is 0 Å². The number of amides is 2. The second-order valence-electron chi connectivity index (χ2n) is 5.87. The summed E-state index contributed by atoms with van der Waals surface area (Å²) in [4.78, 5) is 28.1. The summed E-state index contributed by atoms with van der Waals surface area (Å²) in [6, 6.07) is 7.53. The van der Waals surface area contributed by atoms with Gasteiger partial charge in [0.25, 0.3) is 0 Å². The third kappa shape index (κ3) is 4.45. The highest BCUT2D eigenvalue weighted by Gasteiger charge is 2.26. The Kier molecular flexibility index (Phi) is 5.98. The average Bonchev–Trinajstić information content (AvgIpc) is 2.60. The van der Waals surface area contributed by atoms with Crippen LogP contribution >= 0.6 is 0 Å². The van der Waals surface area contributed by atoms with Gasteiger partial charge in [0.1, 0.15) is 5.75 Å². The molecule has 0 bridgehead atoms. The molecule has 1 aromatic carbocycles. The summed E-state index contributed by atoms with van der Waals surface area (Å²) in [5.41, 5.74) is 6.48. The maximum absolute atomic E-state index is 12.4. The van der Waals surface area contributed by atoms with Crippen LogP contribution < -0.4 is 10.5 Å².